The van der Waals surface area contributed by atoms with E-state index in [4.69, 9.17) is 5.73 Å². The van der Waals surface area contributed by atoms with Crippen molar-refractivity contribution in [3.05, 3.63) is 66.0 Å². The lowest BCUT2D eigenvalue weighted by molar-refractivity contribution is -0.137. The van der Waals surface area contributed by atoms with Crippen LogP contribution in [0.15, 0.2) is 54.6 Å². The molecule has 3 rings (SSSR count). The molecule has 0 radical (unpaired) electrons. The highest BCUT2D eigenvalue weighted by Gasteiger charge is 2.38. The number of hydrogen-bond acceptors (Lipinski definition) is 3. The Morgan fingerprint density at radius 2 is 1.85 bits per heavy atom. The fourth-order valence-electron chi connectivity index (χ4n) is 3.26. The normalized spacial score (nSPS) is 17.4. The first-order valence-electron chi connectivity index (χ1n) is 8.61. The summed E-state index contributed by atoms with van der Waals surface area (Å²) >= 11 is 0. The highest BCUT2D eigenvalue weighted by molar-refractivity contribution is 6.01. The van der Waals surface area contributed by atoms with Crippen LogP contribution in [0, 0.1) is 5.82 Å². The van der Waals surface area contributed by atoms with Crippen LogP contribution in [-0.4, -0.2) is 36.3 Å². The molecule has 2 unspecified atom stereocenters. The molecule has 7 heteroatoms. The summed E-state index contributed by atoms with van der Waals surface area (Å²) in [5.74, 6) is -0.907. The minimum atomic E-state index is -0.593. The fourth-order valence-corrected chi connectivity index (χ4v) is 3.26. The van der Waals surface area contributed by atoms with E-state index in [9.17, 15) is 14.0 Å². The Morgan fingerprint density at radius 3 is 2.52 bits per heavy atom. The second kappa shape index (κ2) is 8.97. The largest absolute Gasteiger partial charge is 0.334 e. The molecule has 0 aromatic heterocycles. The number of benzene rings is 2. The van der Waals surface area contributed by atoms with E-state index in [-0.39, 0.29) is 36.3 Å². The summed E-state index contributed by atoms with van der Waals surface area (Å²) in [6, 6.07) is 14.5. The number of nitrogens with zero attached hydrogens (tertiary/aromatic N) is 2. The van der Waals surface area contributed by atoms with Gasteiger partial charge in [-0.25, -0.2) is 4.39 Å². The summed E-state index contributed by atoms with van der Waals surface area (Å²) in [5.41, 5.74) is 7.24. The summed E-state index contributed by atoms with van der Waals surface area (Å²) in [6.07, 6.45) is 0.583. The van der Waals surface area contributed by atoms with Crippen LogP contribution in [0.25, 0.3) is 0 Å². The first kappa shape index (κ1) is 20.9. The van der Waals surface area contributed by atoms with Gasteiger partial charge in [0.2, 0.25) is 11.8 Å². The second-order valence-corrected chi connectivity index (χ2v) is 6.47. The maximum absolute atomic E-state index is 14.0. The molecule has 1 aliphatic heterocycles. The lowest BCUT2D eigenvalue weighted by Gasteiger charge is -2.25. The molecule has 5 nitrogen and oxygen atoms in total. The maximum Gasteiger partial charge on any atom is 0.249 e. The molecule has 2 N–H and O–H groups in total. The number of carbonyl (C=O) groups is 2. The Kier molecular flexibility index (Phi) is 6.93. The van der Waals surface area contributed by atoms with Crippen molar-refractivity contribution in [3.63, 3.8) is 0 Å². The number of nitrogens with two attached hydrogens (primary N) is 1. The molecule has 0 aliphatic carbocycles. The van der Waals surface area contributed by atoms with Crippen molar-refractivity contribution in [1.82, 2.24) is 4.90 Å². The third-order valence-corrected chi connectivity index (χ3v) is 4.80. The van der Waals surface area contributed by atoms with Gasteiger partial charge in [-0.2, -0.15) is 0 Å². The molecule has 2 atom stereocenters. The smallest absolute Gasteiger partial charge is 0.249 e. The zero-order chi connectivity index (χ0) is 18.7. The zero-order valence-corrected chi connectivity index (χ0v) is 15.9. The van der Waals surface area contributed by atoms with Gasteiger partial charge >= 0.3 is 0 Å². The van der Waals surface area contributed by atoms with Crippen LogP contribution in [0.2, 0.25) is 0 Å². The lowest BCUT2D eigenvalue weighted by Crippen LogP contribution is -2.43. The van der Waals surface area contributed by atoms with Crippen LogP contribution in [0.5, 0.6) is 0 Å². The summed E-state index contributed by atoms with van der Waals surface area (Å²) < 4.78 is 14.0. The van der Waals surface area contributed by atoms with Crippen molar-refractivity contribution >= 4 is 29.9 Å². The first-order valence-corrected chi connectivity index (χ1v) is 8.61. The molecule has 0 saturated carbocycles. The molecular weight excluding hydrogens is 369 g/mol. The number of carbonyl (C=O) groups excluding carboxylic acids is 2. The Morgan fingerprint density at radius 1 is 1.22 bits per heavy atom. The molecule has 2 amide bonds. The van der Waals surface area contributed by atoms with Gasteiger partial charge in [-0.15, -0.1) is 12.4 Å². The van der Waals surface area contributed by atoms with Gasteiger partial charge in [-0.3, -0.25) is 9.59 Å². The average molecular weight is 392 g/mol. The summed E-state index contributed by atoms with van der Waals surface area (Å²) in [7, 11) is 1.60. The lowest BCUT2D eigenvalue weighted by atomic mass is 10.0. The fraction of sp³-hybridized carbons (Fsp3) is 0.300. The average Bonchev–Trinajstić information content (AvgIpc) is 3.03. The summed E-state index contributed by atoms with van der Waals surface area (Å²) in [6.45, 7) is 0.382. The predicted molar refractivity (Wildman–Crippen MR) is 105 cm³/mol. The first-order chi connectivity index (χ1) is 12.5. The predicted octanol–water partition coefficient (Wildman–Crippen LogP) is 2.90. The molecular formula is C20H23ClFN3O2. The van der Waals surface area contributed by atoms with Gasteiger partial charge in [0.15, 0.2) is 0 Å². The molecule has 2 aromatic carbocycles. The standard InChI is InChI=1S/C20H22FN3O2.ClH/c1-23(19(25)13-16(22)14-7-3-2-4-8-14)18-11-12-24(20(18)26)17-10-6-5-9-15(17)21;/h2-10,16,18H,11-13,22H2,1H3;1H. The van der Waals surface area contributed by atoms with Gasteiger partial charge in [0.25, 0.3) is 0 Å². The van der Waals surface area contributed by atoms with Crippen molar-refractivity contribution in [2.45, 2.75) is 24.9 Å². The van der Waals surface area contributed by atoms with Crippen molar-refractivity contribution in [2.24, 2.45) is 5.73 Å². The van der Waals surface area contributed by atoms with E-state index in [1.165, 1.54) is 15.9 Å². The Hall–Kier alpha value is -2.44. The minimum Gasteiger partial charge on any atom is -0.334 e. The molecule has 0 bridgehead atoms. The van der Waals surface area contributed by atoms with Gasteiger partial charge < -0.3 is 15.5 Å². The number of hydrogen-bond donors (Lipinski definition) is 1. The van der Waals surface area contributed by atoms with Crippen LogP contribution in [0.4, 0.5) is 10.1 Å². The van der Waals surface area contributed by atoms with Gasteiger partial charge in [0, 0.05) is 26.1 Å². The molecule has 2 aromatic rings. The molecule has 144 valence electrons. The van der Waals surface area contributed by atoms with Crippen LogP contribution >= 0.6 is 12.4 Å². The van der Waals surface area contributed by atoms with E-state index in [1.807, 2.05) is 30.3 Å². The highest BCUT2D eigenvalue weighted by Crippen LogP contribution is 2.27. The topological polar surface area (TPSA) is 66.6 Å². The van der Waals surface area contributed by atoms with Crippen molar-refractivity contribution in [3.8, 4) is 0 Å². The highest BCUT2D eigenvalue weighted by atomic mass is 35.5. The molecule has 1 fully saturated rings. The molecule has 27 heavy (non-hydrogen) atoms. The summed E-state index contributed by atoms with van der Waals surface area (Å²) in [5, 5.41) is 0. The van der Waals surface area contributed by atoms with E-state index in [0.29, 0.717) is 13.0 Å². The number of anilines is 1. The van der Waals surface area contributed by atoms with E-state index < -0.39 is 17.9 Å². The molecule has 1 aliphatic rings. The van der Waals surface area contributed by atoms with E-state index in [0.717, 1.165) is 5.56 Å². The number of likely N-dealkylation sites (N-methyl/N-ethyl adjacent to an activating group) is 1. The van der Waals surface area contributed by atoms with Crippen molar-refractivity contribution in [2.75, 3.05) is 18.5 Å². The Bertz CT molecular complexity index is 803. The van der Waals surface area contributed by atoms with Crippen LogP contribution in [0.3, 0.4) is 0 Å². The number of halogens is 2. The van der Waals surface area contributed by atoms with Crippen LogP contribution in [-0.2, 0) is 9.59 Å². The zero-order valence-electron chi connectivity index (χ0n) is 15.0. The minimum absolute atomic E-state index is 0. The van der Waals surface area contributed by atoms with E-state index in [1.54, 1.807) is 25.2 Å². The van der Waals surface area contributed by atoms with E-state index >= 15 is 0 Å². The van der Waals surface area contributed by atoms with Crippen molar-refractivity contribution in [1.29, 1.82) is 0 Å². The molecule has 0 spiro atoms. The third kappa shape index (κ3) is 4.46. The van der Waals surface area contributed by atoms with Crippen LogP contribution < -0.4 is 10.6 Å². The SMILES string of the molecule is CN(C(=O)CC(N)c1ccccc1)C1CCN(c2ccccc2F)C1=O.Cl. The van der Waals surface area contributed by atoms with Gasteiger partial charge in [-0.05, 0) is 24.1 Å². The molecule has 1 saturated heterocycles. The second-order valence-electron chi connectivity index (χ2n) is 6.47. The van der Waals surface area contributed by atoms with Crippen LogP contribution in [0.1, 0.15) is 24.4 Å². The Balaban J connectivity index is 0.00000261. The van der Waals surface area contributed by atoms with Gasteiger partial charge in [0.1, 0.15) is 11.9 Å². The van der Waals surface area contributed by atoms with E-state index in [2.05, 4.69) is 0 Å². The monoisotopic (exact) mass is 391 g/mol. The maximum atomic E-state index is 14.0. The third-order valence-electron chi connectivity index (χ3n) is 4.80. The van der Waals surface area contributed by atoms with Gasteiger partial charge in [-0.1, -0.05) is 42.5 Å². The number of amides is 2. The summed E-state index contributed by atoms with van der Waals surface area (Å²) in [4.78, 5) is 28.1. The molecule has 1 heterocycles. The number of rotatable bonds is 5. The Labute approximate surface area is 164 Å². The number of para-hydroxylation sites is 1. The quantitative estimate of drug-likeness (QED) is 0.852. The van der Waals surface area contributed by atoms with Gasteiger partial charge in [0.05, 0.1) is 5.69 Å². The van der Waals surface area contributed by atoms with Crippen molar-refractivity contribution < 1.29 is 14.0 Å².